The van der Waals surface area contributed by atoms with Crippen molar-refractivity contribution < 1.29 is 9.47 Å². The van der Waals surface area contributed by atoms with E-state index in [1.54, 1.807) is 14.2 Å². The van der Waals surface area contributed by atoms with Gasteiger partial charge in [0.05, 0.1) is 25.6 Å². The van der Waals surface area contributed by atoms with Gasteiger partial charge in [0.25, 0.3) is 0 Å². The second-order valence-electron chi connectivity index (χ2n) is 12.0. The van der Waals surface area contributed by atoms with E-state index in [0.717, 1.165) is 83.0 Å². The normalized spacial score (nSPS) is 11.0. The molecule has 0 saturated carbocycles. The van der Waals surface area contributed by atoms with Gasteiger partial charge in [0.2, 0.25) is 0 Å². The monoisotopic (exact) mass is 694 g/mol. The fraction of sp³-hybridized carbons (Fsp3) is 0.227. The lowest BCUT2D eigenvalue weighted by Crippen LogP contribution is -2.21. The number of benzene rings is 4. The van der Waals surface area contributed by atoms with Crippen LogP contribution in [0.2, 0.25) is 0 Å². The highest BCUT2D eigenvalue weighted by molar-refractivity contribution is 5.71. The van der Waals surface area contributed by atoms with E-state index in [4.69, 9.17) is 9.47 Å². The summed E-state index contributed by atoms with van der Waals surface area (Å²) in [5.41, 5.74) is 8.82. The van der Waals surface area contributed by atoms with Gasteiger partial charge in [-0.15, -0.1) is 0 Å². The zero-order chi connectivity index (χ0) is 36.7. The van der Waals surface area contributed by atoms with Crippen LogP contribution in [0.3, 0.4) is 0 Å². The van der Waals surface area contributed by atoms with Gasteiger partial charge in [0.15, 0.2) is 0 Å². The van der Waals surface area contributed by atoms with Crippen molar-refractivity contribution in [3.63, 3.8) is 0 Å². The summed E-state index contributed by atoms with van der Waals surface area (Å²) < 4.78 is 10.4. The molecule has 0 aliphatic rings. The minimum Gasteiger partial charge on any atom is -0.497 e. The highest BCUT2D eigenvalue weighted by atomic mass is 16.5. The smallest absolute Gasteiger partial charge is 0.130 e. The summed E-state index contributed by atoms with van der Waals surface area (Å²) in [4.78, 5) is 20.4. The number of nitrogens with one attached hydrogen (secondary N) is 2. The van der Waals surface area contributed by atoms with Crippen molar-refractivity contribution >= 4 is 35.7 Å². The van der Waals surface area contributed by atoms with Gasteiger partial charge < -0.3 is 29.2 Å². The zero-order valence-electron chi connectivity index (χ0n) is 31.1. The van der Waals surface area contributed by atoms with Gasteiger partial charge in [-0.05, 0) is 99.5 Å². The third kappa shape index (κ3) is 10.0. The first kappa shape index (κ1) is 37.2. The summed E-state index contributed by atoms with van der Waals surface area (Å²) in [6, 6.07) is 33.0. The molecule has 268 valence electrons. The molecule has 52 heavy (non-hydrogen) atoms. The number of imidazole rings is 2. The van der Waals surface area contributed by atoms with Crippen LogP contribution in [-0.4, -0.2) is 60.3 Å². The molecule has 0 unspecified atom stereocenters. The zero-order valence-corrected chi connectivity index (χ0v) is 31.1. The fourth-order valence-electron chi connectivity index (χ4n) is 5.78. The molecule has 0 bridgehead atoms. The second kappa shape index (κ2) is 18.8. The van der Waals surface area contributed by atoms with Gasteiger partial charge in [-0.2, -0.15) is 0 Å². The van der Waals surface area contributed by atoms with E-state index < -0.39 is 0 Å². The molecule has 6 rings (SSSR count). The lowest BCUT2D eigenvalue weighted by Gasteiger charge is -2.20. The molecule has 0 amide bonds. The molecule has 2 aromatic heterocycles. The lowest BCUT2D eigenvalue weighted by molar-refractivity contribution is 0.414. The number of methoxy groups -OCH3 is 2. The Kier molecular flexibility index (Phi) is 13.5. The van der Waals surface area contributed by atoms with E-state index in [1.807, 2.05) is 85.2 Å². The molecule has 2 heterocycles. The number of hydrogen-bond acceptors (Lipinski definition) is 6. The first-order valence-corrected chi connectivity index (χ1v) is 17.9. The average Bonchev–Trinajstić information content (AvgIpc) is 3.89. The summed E-state index contributed by atoms with van der Waals surface area (Å²) in [6.45, 7) is 12.7. The van der Waals surface area contributed by atoms with Crippen molar-refractivity contribution in [3.05, 3.63) is 132 Å². The Morgan fingerprint density at radius 1 is 0.481 bits per heavy atom. The molecule has 4 aromatic carbocycles. The maximum absolute atomic E-state index is 5.18. The van der Waals surface area contributed by atoms with E-state index >= 15 is 0 Å². The van der Waals surface area contributed by atoms with Crippen molar-refractivity contribution in [2.24, 2.45) is 0 Å². The summed E-state index contributed by atoms with van der Waals surface area (Å²) in [5, 5.41) is 0. The summed E-state index contributed by atoms with van der Waals surface area (Å²) in [6.07, 6.45) is 11.9. The van der Waals surface area contributed by atoms with Crippen LogP contribution in [0.4, 0.5) is 11.4 Å². The van der Waals surface area contributed by atoms with E-state index in [0.29, 0.717) is 0 Å². The summed E-state index contributed by atoms with van der Waals surface area (Å²) in [7, 11) is 3.34. The van der Waals surface area contributed by atoms with Gasteiger partial charge in [0.1, 0.15) is 23.1 Å². The minimum atomic E-state index is 0.837. The average molecular weight is 695 g/mol. The maximum Gasteiger partial charge on any atom is 0.130 e. The Balaban J connectivity index is 0.000000201. The molecule has 0 aliphatic heterocycles. The van der Waals surface area contributed by atoms with E-state index in [9.17, 15) is 0 Å². The SMILES string of the molecule is CCN(CC)c1ccc(-c2c[nH]c(C=Cc3ccc(OC)cc3)n2)cc1.CCN(CC)c1ccc(-c2c[nH]c(C=Cc3ccc(OC)cc3)n2)cc1. The van der Waals surface area contributed by atoms with Crippen LogP contribution in [0.5, 0.6) is 11.5 Å². The Morgan fingerprint density at radius 2 is 0.827 bits per heavy atom. The topological polar surface area (TPSA) is 82.3 Å². The minimum absolute atomic E-state index is 0.837. The number of anilines is 2. The van der Waals surface area contributed by atoms with E-state index in [2.05, 4.69) is 106 Å². The van der Waals surface area contributed by atoms with E-state index in [-0.39, 0.29) is 0 Å². The number of nitrogens with zero attached hydrogens (tertiary/aromatic N) is 4. The second-order valence-corrected chi connectivity index (χ2v) is 12.0. The maximum atomic E-state index is 5.18. The fourth-order valence-corrected chi connectivity index (χ4v) is 5.78. The highest BCUT2D eigenvalue weighted by Crippen LogP contribution is 2.24. The van der Waals surface area contributed by atoms with Crippen molar-refractivity contribution in [2.45, 2.75) is 27.7 Å². The first-order chi connectivity index (χ1) is 25.5. The van der Waals surface area contributed by atoms with Gasteiger partial charge >= 0.3 is 0 Å². The van der Waals surface area contributed by atoms with Gasteiger partial charge in [-0.25, -0.2) is 9.97 Å². The molecular weight excluding hydrogens is 645 g/mol. The molecule has 8 nitrogen and oxygen atoms in total. The number of hydrogen-bond donors (Lipinski definition) is 2. The van der Waals surface area contributed by atoms with Gasteiger partial charge in [-0.1, -0.05) is 60.7 Å². The Morgan fingerprint density at radius 3 is 1.13 bits per heavy atom. The predicted molar refractivity (Wildman–Crippen MR) is 219 cm³/mol. The quantitative estimate of drug-likeness (QED) is 0.118. The molecule has 0 fully saturated rings. The number of aromatic amines is 2. The third-order valence-corrected chi connectivity index (χ3v) is 8.88. The van der Waals surface area contributed by atoms with Crippen molar-refractivity contribution in [2.75, 3.05) is 50.2 Å². The molecule has 8 heteroatoms. The van der Waals surface area contributed by atoms with Crippen LogP contribution in [0.25, 0.3) is 46.8 Å². The number of H-pyrrole nitrogens is 2. The molecule has 0 saturated heterocycles. The van der Waals surface area contributed by atoms with Crippen LogP contribution in [0, 0.1) is 0 Å². The first-order valence-electron chi connectivity index (χ1n) is 17.9. The van der Waals surface area contributed by atoms with Crippen molar-refractivity contribution in [1.82, 2.24) is 19.9 Å². The summed E-state index contributed by atoms with van der Waals surface area (Å²) in [5.74, 6) is 3.39. The number of rotatable bonds is 14. The molecule has 0 aliphatic carbocycles. The Labute approximate surface area is 308 Å². The molecule has 0 atom stereocenters. The summed E-state index contributed by atoms with van der Waals surface area (Å²) >= 11 is 0. The van der Waals surface area contributed by atoms with Gasteiger partial charge in [-0.3, -0.25) is 0 Å². The molecule has 0 radical (unpaired) electrons. The molecule has 6 aromatic rings. The molecule has 0 spiro atoms. The largest absolute Gasteiger partial charge is 0.497 e. The predicted octanol–water partition coefficient (Wildman–Crippen LogP) is 10.2. The molecule has 2 N–H and O–H groups in total. The number of ether oxygens (including phenoxy) is 2. The van der Waals surface area contributed by atoms with Crippen LogP contribution in [-0.2, 0) is 0 Å². The number of aromatic nitrogens is 4. The van der Waals surface area contributed by atoms with Crippen LogP contribution in [0.15, 0.2) is 109 Å². The molecular formula is C44H50N6O2. The van der Waals surface area contributed by atoms with Crippen LogP contribution < -0.4 is 19.3 Å². The van der Waals surface area contributed by atoms with Gasteiger partial charge in [0, 0.05) is 61.1 Å². The van der Waals surface area contributed by atoms with Crippen LogP contribution in [0.1, 0.15) is 50.5 Å². The van der Waals surface area contributed by atoms with E-state index in [1.165, 1.54) is 11.4 Å². The van der Waals surface area contributed by atoms with Crippen molar-refractivity contribution in [1.29, 1.82) is 0 Å². The highest BCUT2D eigenvalue weighted by Gasteiger charge is 2.07. The van der Waals surface area contributed by atoms with Crippen LogP contribution >= 0.6 is 0 Å². The standard InChI is InChI=1S/2C22H25N3O/c2*1-4-25(5-2)19-11-9-18(10-12-19)21-16-23-22(24-21)15-8-17-6-13-20(26-3)14-7-17/h2*6-16H,4-5H2,1-3H3,(H,23,24). The van der Waals surface area contributed by atoms with Crippen molar-refractivity contribution in [3.8, 4) is 34.0 Å². The Bertz CT molecular complexity index is 1830. The lowest BCUT2D eigenvalue weighted by atomic mass is 10.1. The third-order valence-electron chi connectivity index (χ3n) is 8.88. The Hall–Kier alpha value is -6.02.